The molecular weight excluding hydrogens is 354 g/mol. The van der Waals surface area contributed by atoms with Gasteiger partial charge >= 0.3 is 5.97 Å². The second-order valence-corrected chi connectivity index (χ2v) is 9.66. The van der Waals surface area contributed by atoms with E-state index in [2.05, 4.69) is 0 Å². The molecule has 0 saturated carbocycles. The van der Waals surface area contributed by atoms with E-state index < -0.39 is 16.0 Å². The van der Waals surface area contributed by atoms with Crippen LogP contribution in [0.15, 0.2) is 44.8 Å². The molecule has 0 amide bonds. The lowest BCUT2D eigenvalue weighted by molar-refractivity contribution is 0.0697. The van der Waals surface area contributed by atoms with Gasteiger partial charge in [-0.25, -0.2) is 13.2 Å². The van der Waals surface area contributed by atoms with Crippen molar-refractivity contribution in [3.05, 3.63) is 41.3 Å². The molecule has 0 unspecified atom stereocenters. The highest BCUT2D eigenvalue weighted by atomic mass is 32.2. The Hall–Kier alpha value is -1.51. The number of carbonyl (C=O) groups is 1. The Morgan fingerprint density at radius 2 is 1.96 bits per heavy atom. The summed E-state index contributed by atoms with van der Waals surface area (Å²) in [6.45, 7) is 3.86. The van der Waals surface area contributed by atoms with Crippen molar-refractivity contribution in [3.8, 4) is 0 Å². The fourth-order valence-corrected chi connectivity index (χ4v) is 6.74. The molecule has 0 fully saturated rings. The van der Waals surface area contributed by atoms with Crippen molar-refractivity contribution < 1.29 is 18.3 Å². The standard InChI is InChI=1S/C15H15NO4S3/c1-9-10(2)22-13-6-4-3-5-12(13)16(9)23(19,20)14-7-11(8-21-14)15(17)18/h3-10H,1-2H3,(H,17,18)/t9-,10+/m1/s1. The van der Waals surface area contributed by atoms with Crippen LogP contribution < -0.4 is 4.31 Å². The van der Waals surface area contributed by atoms with Crippen LogP contribution in [0.3, 0.4) is 0 Å². The number of benzene rings is 1. The van der Waals surface area contributed by atoms with Gasteiger partial charge < -0.3 is 5.11 Å². The van der Waals surface area contributed by atoms with E-state index in [1.165, 1.54) is 15.8 Å². The lowest BCUT2D eigenvalue weighted by Gasteiger charge is -2.38. The number of hydrogen-bond acceptors (Lipinski definition) is 5. The van der Waals surface area contributed by atoms with Gasteiger partial charge in [-0.15, -0.1) is 23.1 Å². The Kier molecular flexibility index (Phi) is 4.16. The van der Waals surface area contributed by atoms with Gasteiger partial charge in [-0.1, -0.05) is 19.1 Å². The fourth-order valence-electron chi connectivity index (χ4n) is 2.46. The molecule has 0 saturated heterocycles. The maximum atomic E-state index is 13.1. The van der Waals surface area contributed by atoms with Crippen LogP contribution in [0.1, 0.15) is 24.2 Å². The van der Waals surface area contributed by atoms with Crippen LogP contribution in [0.4, 0.5) is 5.69 Å². The largest absolute Gasteiger partial charge is 0.478 e. The third-order valence-electron chi connectivity index (χ3n) is 3.80. The van der Waals surface area contributed by atoms with E-state index in [1.807, 2.05) is 32.0 Å². The van der Waals surface area contributed by atoms with Crippen LogP contribution in [0.25, 0.3) is 0 Å². The summed E-state index contributed by atoms with van der Waals surface area (Å²) >= 11 is 2.59. The van der Waals surface area contributed by atoms with Crippen molar-refractivity contribution >= 4 is 44.8 Å². The van der Waals surface area contributed by atoms with Crippen LogP contribution in [0, 0.1) is 0 Å². The monoisotopic (exact) mass is 369 g/mol. The van der Waals surface area contributed by atoms with Crippen molar-refractivity contribution in [1.29, 1.82) is 0 Å². The SMILES string of the molecule is C[C@@H]1Sc2ccccc2N(S(=O)(=O)c2cc(C(=O)O)cs2)[C@@H]1C. The number of aromatic carboxylic acids is 1. The van der Waals surface area contributed by atoms with Gasteiger partial charge in [-0.05, 0) is 25.1 Å². The maximum Gasteiger partial charge on any atom is 0.336 e. The van der Waals surface area contributed by atoms with Gasteiger partial charge in [-0.2, -0.15) is 0 Å². The average Bonchev–Trinajstić information content (AvgIpc) is 2.99. The number of anilines is 1. The molecule has 3 rings (SSSR count). The van der Waals surface area contributed by atoms with E-state index in [9.17, 15) is 13.2 Å². The molecule has 1 aromatic heterocycles. The lowest BCUT2D eigenvalue weighted by atomic mass is 10.2. The minimum atomic E-state index is -3.80. The minimum Gasteiger partial charge on any atom is -0.478 e. The highest BCUT2D eigenvalue weighted by Crippen LogP contribution is 2.44. The number of thioether (sulfide) groups is 1. The van der Waals surface area contributed by atoms with Gasteiger partial charge in [0, 0.05) is 15.5 Å². The molecule has 5 nitrogen and oxygen atoms in total. The number of sulfonamides is 1. The van der Waals surface area contributed by atoms with E-state index in [4.69, 9.17) is 5.11 Å². The van der Waals surface area contributed by atoms with Crippen LogP contribution in [-0.2, 0) is 10.0 Å². The topological polar surface area (TPSA) is 74.7 Å². The smallest absolute Gasteiger partial charge is 0.336 e. The summed E-state index contributed by atoms with van der Waals surface area (Å²) < 4.78 is 27.6. The van der Waals surface area contributed by atoms with Crippen molar-refractivity contribution in [3.63, 3.8) is 0 Å². The number of carboxylic acid groups (broad SMARTS) is 1. The predicted octanol–water partition coefficient (Wildman–Crippen LogP) is 3.52. The summed E-state index contributed by atoms with van der Waals surface area (Å²) in [6, 6.07) is 8.38. The number of thiophene rings is 1. The predicted molar refractivity (Wildman–Crippen MR) is 92.2 cm³/mol. The van der Waals surface area contributed by atoms with E-state index in [0.717, 1.165) is 16.2 Å². The molecule has 1 aliphatic rings. The third kappa shape index (κ3) is 2.75. The van der Waals surface area contributed by atoms with Gasteiger partial charge in [0.15, 0.2) is 0 Å². The number of rotatable bonds is 3. The summed E-state index contributed by atoms with van der Waals surface area (Å²) in [5.41, 5.74) is 0.641. The molecule has 0 aliphatic carbocycles. The van der Waals surface area contributed by atoms with Gasteiger partial charge in [0.2, 0.25) is 0 Å². The average molecular weight is 369 g/mol. The van der Waals surface area contributed by atoms with E-state index in [1.54, 1.807) is 17.8 Å². The van der Waals surface area contributed by atoms with E-state index >= 15 is 0 Å². The number of nitrogens with zero attached hydrogens (tertiary/aromatic N) is 1. The van der Waals surface area contributed by atoms with Gasteiger partial charge in [-0.3, -0.25) is 4.31 Å². The Morgan fingerprint density at radius 1 is 1.26 bits per heavy atom. The van der Waals surface area contributed by atoms with Crippen LogP contribution in [0.2, 0.25) is 0 Å². The highest BCUT2D eigenvalue weighted by molar-refractivity contribution is 8.00. The summed E-state index contributed by atoms with van der Waals surface area (Å²) in [4.78, 5) is 11.9. The summed E-state index contributed by atoms with van der Waals surface area (Å²) in [7, 11) is -3.80. The molecule has 122 valence electrons. The maximum absolute atomic E-state index is 13.1. The summed E-state index contributed by atoms with van der Waals surface area (Å²) in [5.74, 6) is -1.13. The number of carboxylic acids is 1. The number of fused-ring (bicyclic) bond motifs is 1. The van der Waals surface area contributed by atoms with Crippen molar-refractivity contribution in [2.75, 3.05) is 4.31 Å². The Labute approximate surface area is 143 Å². The zero-order chi connectivity index (χ0) is 16.8. The van der Waals surface area contributed by atoms with Crippen molar-refractivity contribution in [2.45, 2.75) is 34.2 Å². The van der Waals surface area contributed by atoms with Gasteiger partial charge in [0.05, 0.1) is 17.3 Å². The quantitative estimate of drug-likeness (QED) is 0.896. The molecule has 2 heterocycles. The molecule has 2 aromatic rings. The molecule has 0 bridgehead atoms. The first-order valence-corrected chi connectivity index (χ1v) is 10.1. The molecule has 23 heavy (non-hydrogen) atoms. The number of hydrogen-bond donors (Lipinski definition) is 1. The summed E-state index contributed by atoms with van der Waals surface area (Å²) in [6.07, 6.45) is 0. The van der Waals surface area contributed by atoms with Crippen molar-refractivity contribution in [1.82, 2.24) is 0 Å². The van der Waals surface area contributed by atoms with Crippen LogP contribution in [0.5, 0.6) is 0 Å². The molecular formula is C15H15NO4S3. The molecule has 1 N–H and O–H groups in total. The molecule has 1 aliphatic heterocycles. The Morgan fingerprint density at radius 3 is 2.61 bits per heavy atom. The highest BCUT2D eigenvalue weighted by Gasteiger charge is 2.38. The molecule has 0 spiro atoms. The van der Waals surface area contributed by atoms with E-state index in [0.29, 0.717) is 5.69 Å². The zero-order valence-corrected chi connectivity index (χ0v) is 14.9. The molecule has 8 heteroatoms. The first-order chi connectivity index (χ1) is 10.8. The fraction of sp³-hybridized carbons (Fsp3) is 0.267. The first kappa shape index (κ1) is 16.4. The molecule has 2 atom stereocenters. The Bertz CT molecular complexity index is 859. The summed E-state index contributed by atoms with van der Waals surface area (Å²) in [5, 5.41) is 10.5. The van der Waals surface area contributed by atoms with Gasteiger partial charge in [0.1, 0.15) is 4.21 Å². The van der Waals surface area contributed by atoms with Crippen LogP contribution in [-0.4, -0.2) is 30.8 Å². The first-order valence-electron chi connectivity index (χ1n) is 6.94. The third-order valence-corrected chi connectivity index (χ3v) is 8.48. The molecule has 0 radical (unpaired) electrons. The van der Waals surface area contributed by atoms with E-state index in [-0.39, 0.29) is 21.1 Å². The van der Waals surface area contributed by atoms with Crippen LogP contribution >= 0.6 is 23.1 Å². The van der Waals surface area contributed by atoms with Crippen molar-refractivity contribution in [2.24, 2.45) is 0 Å². The normalized spacial score (nSPS) is 21.0. The second-order valence-electron chi connectivity index (χ2n) is 5.29. The lowest BCUT2D eigenvalue weighted by Crippen LogP contribution is -2.45. The Balaban J connectivity index is 2.12. The van der Waals surface area contributed by atoms with Gasteiger partial charge in [0.25, 0.3) is 10.0 Å². The molecule has 1 aromatic carbocycles. The second kappa shape index (κ2) is 5.85. The zero-order valence-electron chi connectivity index (χ0n) is 12.5. The minimum absolute atomic E-state index is 0.00561. The number of para-hydroxylation sites is 1.